The van der Waals surface area contributed by atoms with Crippen LogP contribution in [0.15, 0.2) is 218 Å². The Morgan fingerprint density at radius 2 is 0.550 bits per heavy atom. The molecule has 5 heteroatoms. The zero-order valence-electron chi connectivity index (χ0n) is 32.5. The van der Waals surface area contributed by atoms with Crippen molar-refractivity contribution in [2.24, 2.45) is 0 Å². The fourth-order valence-electron chi connectivity index (χ4n) is 9.36. The van der Waals surface area contributed by atoms with E-state index in [2.05, 4.69) is 225 Å². The lowest BCUT2D eigenvalue weighted by Gasteiger charge is -2.31. The van der Waals surface area contributed by atoms with Crippen molar-refractivity contribution in [3.63, 3.8) is 0 Å². The molecular weight excluding hydrogens is 733 g/mol. The van der Waals surface area contributed by atoms with Gasteiger partial charge in [-0.1, -0.05) is 115 Å². The van der Waals surface area contributed by atoms with Gasteiger partial charge < -0.3 is 18.9 Å². The molecule has 0 saturated heterocycles. The van der Waals surface area contributed by atoms with Gasteiger partial charge in [0.2, 0.25) is 0 Å². The lowest BCUT2D eigenvalue weighted by atomic mass is 9.98. The predicted octanol–water partition coefficient (Wildman–Crippen LogP) is 14.4. The molecule has 9 aromatic carbocycles. The molecule has 0 aliphatic carbocycles. The highest BCUT2D eigenvalue weighted by Gasteiger charge is 2.25. The monoisotopic (exact) mass is 768 g/mol. The second-order valence-electron chi connectivity index (χ2n) is 15.4. The first kappa shape index (κ1) is 33.9. The molecule has 0 unspecified atom stereocenters. The van der Waals surface area contributed by atoms with Crippen molar-refractivity contribution in [3.8, 4) is 11.4 Å². The quantitative estimate of drug-likeness (QED) is 0.179. The third kappa shape index (κ3) is 5.30. The fourth-order valence-corrected chi connectivity index (χ4v) is 9.36. The minimum Gasteiger partial charge on any atom is -0.310 e. The number of anilines is 6. The third-order valence-electron chi connectivity index (χ3n) is 11.9. The molecule has 3 heterocycles. The normalized spacial score (nSPS) is 12.6. The van der Waals surface area contributed by atoms with E-state index in [1.165, 1.54) is 0 Å². The molecule has 0 atom stereocenters. The maximum Gasteiger partial charge on any atom is 0.193 e. The SMILES string of the molecule is O=C1c2cc(cc(-n3c4ccccc4c4ccccc43)c2)N(c2ccccc2)c2cccc(c2)N(c2ccccc2)c2cc1cc(-n1c3ccccc3c3ccccc31)c2. The average molecular weight is 769 g/mol. The maximum atomic E-state index is 15.6. The Hall–Kier alpha value is -8.15. The second-order valence-corrected chi connectivity index (χ2v) is 15.4. The number of carbonyl (C=O) groups is 1. The van der Waals surface area contributed by atoms with Gasteiger partial charge in [0.25, 0.3) is 0 Å². The zero-order valence-corrected chi connectivity index (χ0v) is 32.5. The number of nitrogens with zero attached hydrogens (tertiary/aromatic N) is 4. The highest BCUT2D eigenvalue weighted by molar-refractivity contribution is 6.14. The van der Waals surface area contributed by atoms with Crippen LogP contribution in [0.3, 0.4) is 0 Å². The van der Waals surface area contributed by atoms with Crippen molar-refractivity contribution in [2.45, 2.75) is 0 Å². The van der Waals surface area contributed by atoms with Crippen LogP contribution in [-0.4, -0.2) is 14.9 Å². The molecule has 0 saturated carbocycles. The molecule has 1 aliphatic rings. The van der Waals surface area contributed by atoms with E-state index < -0.39 is 0 Å². The van der Waals surface area contributed by atoms with Crippen LogP contribution in [0.2, 0.25) is 0 Å². The molecule has 282 valence electrons. The zero-order chi connectivity index (χ0) is 39.7. The lowest BCUT2D eigenvalue weighted by Crippen LogP contribution is -2.16. The Kier molecular flexibility index (Phi) is 7.62. The average Bonchev–Trinajstić information content (AvgIpc) is 3.83. The van der Waals surface area contributed by atoms with Gasteiger partial charge in [0.1, 0.15) is 0 Å². The van der Waals surface area contributed by atoms with Crippen molar-refractivity contribution in [1.29, 1.82) is 0 Å². The van der Waals surface area contributed by atoms with Crippen LogP contribution in [0.1, 0.15) is 15.9 Å². The first-order valence-corrected chi connectivity index (χ1v) is 20.3. The summed E-state index contributed by atoms with van der Waals surface area (Å²) >= 11 is 0. The van der Waals surface area contributed by atoms with Gasteiger partial charge in [-0.25, -0.2) is 0 Å². The molecule has 12 rings (SSSR count). The number of hydrogen-bond acceptors (Lipinski definition) is 3. The molecule has 2 aromatic heterocycles. The van der Waals surface area contributed by atoms with E-state index >= 15 is 4.79 Å². The summed E-state index contributed by atoms with van der Waals surface area (Å²) in [6.07, 6.45) is 0. The standard InChI is InChI=1S/C55H36N4O/c60-55-37-30-43(35-45(32-37)58-51-26-11-7-22-47(51)48-23-8-12-27-52(48)58)56(39-16-3-1-4-17-39)41-20-15-21-42(34-41)57(40-18-5-2-6-19-40)44-31-38(55)33-46(36-44)59-53-28-13-9-24-49(53)50-25-10-14-29-54(50)59/h1-36H. The fraction of sp³-hybridized carbons (Fsp3) is 0. The number of aromatic nitrogens is 2. The van der Waals surface area contributed by atoms with E-state index in [1.54, 1.807) is 0 Å². The Balaban J connectivity index is 1.19. The largest absolute Gasteiger partial charge is 0.310 e. The highest BCUT2D eigenvalue weighted by Crippen LogP contribution is 2.44. The minimum atomic E-state index is -0.0620. The molecule has 60 heavy (non-hydrogen) atoms. The molecule has 0 fully saturated rings. The highest BCUT2D eigenvalue weighted by atomic mass is 16.1. The van der Waals surface area contributed by atoms with Crippen molar-refractivity contribution < 1.29 is 4.79 Å². The molecule has 0 radical (unpaired) electrons. The molecule has 6 bridgehead atoms. The number of para-hydroxylation sites is 6. The van der Waals surface area contributed by atoms with Crippen molar-refractivity contribution >= 4 is 83.5 Å². The summed E-state index contributed by atoms with van der Waals surface area (Å²) in [6, 6.07) is 76.3. The number of hydrogen-bond donors (Lipinski definition) is 0. The number of rotatable bonds is 4. The summed E-state index contributed by atoms with van der Waals surface area (Å²) in [4.78, 5) is 20.1. The summed E-state index contributed by atoms with van der Waals surface area (Å²) in [6.45, 7) is 0. The van der Waals surface area contributed by atoms with Crippen LogP contribution in [0, 0.1) is 0 Å². The van der Waals surface area contributed by atoms with Gasteiger partial charge in [-0.05, 0) is 103 Å². The molecule has 0 spiro atoms. The Morgan fingerprint density at radius 1 is 0.250 bits per heavy atom. The van der Waals surface area contributed by atoms with Gasteiger partial charge in [0, 0.05) is 78.2 Å². The Morgan fingerprint density at radius 3 is 0.933 bits per heavy atom. The van der Waals surface area contributed by atoms with E-state index in [1.807, 2.05) is 12.1 Å². The third-order valence-corrected chi connectivity index (χ3v) is 11.9. The van der Waals surface area contributed by atoms with Crippen LogP contribution >= 0.6 is 0 Å². The number of carbonyl (C=O) groups excluding carboxylic acids is 1. The number of benzene rings is 9. The van der Waals surface area contributed by atoms with Crippen LogP contribution in [0.5, 0.6) is 0 Å². The summed E-state index contributed by atoms with van der Waals surface area (Å²) in [5.41, 5.74) is 13.0. The van der Waals surface area contributed by atoms with E-state index in [4.69, 9.17) is 0 Å². The maximum absolute atomic E-state index is 15.6. The summed E-state index contributed by atoms with van der Waals surface area (Å²) < 4.78 is 4.60. The van der Waals surface area contributed by atoms with E-state index in [-0.39, 0.29) is 5.78 Å². The van der Waals surface area contributed by atoms with Crippen LogP contribution in [0.4, 0.5) is 34.1 Å². The lowest BCUT2D eigenvalue weighted by molar-refractivity contribution is 0.103. The van der Waals surface area contributed by atoms with Gasteiger partial charge >= 0.3 is 0 Å². The van der Waals surface area contributed by atoms with Gasteiger partial charge in [0.15, 0.2) is 5.78 Å². The summed E-state index contributed by atoms with van der Waals surface area (Å²) in [5.74, 6) is -0.0620. The summed E-state index contributed by atoms with van der Waals surface area (Å²) in [7, 11) is 0. The molecule has 5 nitrogen and oxygen atoms in total. The van der Waals surface area contributed by atoms with Gasteiger partial charge in [0.05, 0.1) is 22.1 Å². The van der Waals surface area contributed by atoms with Crippen molar-refractivity contribution in [1.82, 2.24) is 9.13 Å². The second kappa shape index (κ2) is 13.5. The Labute approximate surface area is 346 Å². The van der Waals surface area contributed by atoms with Crippen LogP contribution in [-0.2, 0) is 0 Å². The first-order chi connectivity index (χ1) is 29.7. The van der Waals surface area contributed by atoms with Crippen molar-refractivity contribution in [2.75, 3.05) is 9.80 Å². The van der Waals surface area contributed by atoms with Crippen molar-refractivity contribution in [3.05, 3.63) is 230 Å². The van der Waals surface area contributed by atoms with Gasteiger partial charge in [-0.15, -0.1) is 0 Å². The van der Waals surface area contributed by atoms with Gasteiger partial charge in [-0.2, -0.15) is 0 Å². The van der Waals surface area contributed by atoms with Gasteiger partial charge in [-0.3, -0.25) is 4.79 Å². The number of fused-ring (bicyclic) bond motifs is 12. The van der Waals surface area contributed by atoms with E-state index in [0.717, 1.165) is 89.1 Å². The minimum absolute atomic E-state index is 0.0620. The molecule has 1 aliphatic heterocycles. The first-order valence-electron chi connectivity index (χ1n) is 20.3. The van der Waals surface area contributed by atoms with Crippen LogP contribution in [0.25, 0.3) is 55.0 Å². The molecular formula is C55H36N4O. The topological polar surface area (TPSA) is 33.4 Å². The Bertz CT molecular complexity index is 3140. The molecule has 0 amide bonds. The van der Waals surface area contributed by atoms with Crippen LogP contribution < -0.4 is 9.80 Å². The number of ketones is 1. The van der Waals surface area contributed by atoms with E-state index in [0.29, 0.717) is 11.1 Å². The summed E-state index contributed by atoms with van der Waals surface area (Å²) in [5, 5.41) is 4.66. The molecule has 11 aromatic rings. The molecule has 0 N–H and O–H groups in total. The predicted molar refractivity (Wildman–Crippen MR) is 248 cm³/mol. The van der Waals surface area contributed by atoms with E-state index in [9.17, 15) is 0 Å². The smallest absolute Gasteiger partial charge is 0.193 e.